The van der Waals surface area contributed by atoms with Crippen molar-refractivity contribution in [2.75, 3.05) is 0 Å². The van der Waals surface area contributed by atoms with Crippen molar-refractivity contribution in [2.24, 2.45) is 5.73 Å². The Morgan fingerprint density at radius 1 is 1.23 bits per heavy atom. The van der Waals surface area contributed by atoms with Crippen molar-refractivity contribution in [3.05, 3.63) is 30.3 Å². The van der Waals surface area contributed by atoms with Gasteiger partial charge in [-0.25, -0.2) is 4.79 Å². The highest BCUT2D eigenvalue weighted by atomic mass is 32.2. The third kappa shape index (κ3) is 2.45. The number of carbonyl (C=O) groups is 1. The molecule has 1 rings (SSSR count). The summed E-state index contributed by atoms with van der Waals surface area (Å²) in [6, 6.07) is 6.17. The molecule has 0 atom stereocenters. The molecular formula is C7H7N2O3S. The molecule has 6 heteroatoms. The van der Waals surface area contributed by atoms with E-state index in [-0.39, 0.29) is 4.90 Å². The van der Waals surface area contributed by atoms with E-state index in [0.717, 1.165) is 0 Å². The molecule has 0 bridgehead atoms. The van der Waals surface area contributed by atoms with Gasteiger partial charge in [-0.1, -0.05) is 18.2 Å². The maximum Gasteiger partial charge on any atom is 0.349 e. The number of amides is 2. The zero-order valence-electron chi connectivity index (χ0n) is 6.54. The highest BCUT2D eigenvalue weighted by molar-refractivity contribution is 7.90. The Balaban J connectivity index is 3.02. The summed E-state index contributed by atoms with van der Waals surface area (Å²) in [7, 11) is -3.91. The van der Waals surface area contributed by atoms with Crippen molar-refractivity contribution in [1.82, 2.24) is 4.72 Å². The van der Waals surface area contributed by atoms with Gasteiger partial charge < -0.3 is 5.73 Å². The van der Waals surface area contributed by atoms with Gasteiger partial charge in [0.25, 0.3) is 10.0 Å². The number of rotatable bonds is 2. The zero-order chi connectivity index (χ0) is 9.90. The summed E-state index contributed by atoms with van der Waals surface area (Å²) in [5.74, 6) is 0. The molecule has 13 heavy (non-hydrogen) atoms. The number of urea groups is 1. The second kappa shape index (κ2) is 3.44. The Morgan fingerprint density at radius 3 is 2.23 bits per heavy atom. The molecule has 1 aromatic rings. The number of hydrogen-bond donors (Lipinski definition) is 1. The maximum atomic E-state index is 11.2. The topological polar surface area (TPSA) is 91.3 Å². The summed E-state index contributed by atoms with van der Waals surface area (Å²) < 4.78 is 25.1. The molecule has 69 valence electrons. The Morgan fingerprint density at radius 2 is 1.77 bits per heavy atom. The van der Waals surface area contributed by atoms with Gasteiger partial charge in [0.2, 0.25) is 0 Å². The van der Waals surface area contributed by atoms with Gasteiger partial charge in [0, 0.05) is 0 Å². The first-order valence-electron chi connectivity index (χ1n) is 3.35. The molecule has 2 amide bonds. The third-order valence-corrected chi connectivity index (χ3v) is 2.54. The Kier molecular flexibility index (Phi) is 2.52. The molecule has 0 saturated carbocycles. The van der Waals surface area contributed by atoms with Crippen molar-refractivity contribution in [3.63, 3.8) is 0 Å². The molecular weight excluding hydrogens is 192 g/mol. The highest BCUT2D eigenvalue weighted by Crippen LogP contribution is 2.07. The lowest BCUT2D eigenvalue weighted by Crippen LogP contribution is -2.28. The molecule has 0 aromatic heterocycles. The minimum atomic E-state index is -3.91. The van der Waals surface area contributed by atoms with Crippen LogP contribution in [0.4, 0.5) is 4.79 Å². The van der Waals surface area contributed by atoms with E-state index in [1.807, 2.05) is 0 Å². The predicted molar refractivity (Wildman–Crippen MR) is 45.3 cm³/mol. The molecule has 0 spiro atoms. The van der Waals surface area contributed by atoms with Crippen LogP contribution in [0.25, 0.3) is 0 Å². The van der Waals surface area contributed by atoms with E-state index in [2.05, 4.69) is 10.5 Å². The van der Waals surface area contributed by atoms with Crippen molar-refractivity contribution >= 4 is 16.1 Å². The normalized spacial score (nSPS) is 10.8. The summed E-state index contributed by atoms with van der Waals surface area (Å²) in [5, 5.41) is 0. The molecule has 0 saturated heterocycles. The fourth-order valence-corrected chi connectivity index (χ4v) is 1.61. The average molecular weight is 199 g/mol. The molecule has 2 N–H and O–H groups in total. The summed E-state index contributed by atoms with van der Waals surface area (Å²) >= 11 is 0. The van der Waals surface area contributed by atoms with Crippen molar-refractivity contribution in [2.45, 2.75) is 4.90 Å². The SMILES string of the molecule is NC(=O)[N]S(=O)(=O)c1ccccc1. The minimum absolute atomic E-state index is 0.0474. The van der Waals surface area contributed by atoms with Gasteiger partial charge in [-0.3, -0.25) is 0 Å². The lowest BCUT2D eigenvalue weighted by molar-refractivity contribution is 0.253. The monoisotopic (exact) mass is 199 g/mol. The van der Waals surface area contributed by atoms with Crippen LogP contribution in [0.2, 0.25) is 0 Å². The summed E-state index contributed by atoms with van der Waals surface area (Å²) in [5.41, 5.74) is 4.63. The van der Waals surface area contributed by atoms with Gasteiger partial charge in [-0.15, -0.1) is 4.72 Å². The second-order valence-electron chi connectivity index (χ2n) is 2.22. The van der Waals surface area contributed by atoms with Gasteiger partial charge in [0.1, 0.15) is 0 Å². The summed E-state index contributed by atoms with van der Waals surface area (Å²) in [6.07, 6.45) is 0. The third-order valence-electron chi connectivity index (χ3n) is 1.25. The van der Waals surface area contributed by atoms with Crippen LogP contribution in [0.5, 0.6) is 0 Å². The highest BCUT2D eigenvalue weighted by Gasteiger charge is 2.17. The molecule has 5 nitrogen and oxygen atoms in total. The fraction of sp³-hybridized carbons (Fsp3) is 0. The number of nitrogens with zero attached hydrogens (tertiary/aromatic N) is 1. The molecule has 0 fully saturated rings. The van der Waals surface area contributed by atoms with Crippen LogP contribution in [0, 0.1) is 0 Å². The van der Waals surface area contributed by atoms with Gasteiger partial charge in [-0.2, -0.15) is 8.42 Å². The van der Waals surface area contributed by atoms with E-state index >= 15 is 0 Å². The van der Waals surface area contributed by atoms with E-state index in [1.165, 1.54) is 24.3 Å². The molecule has 0 aliphatic carbocycles. The first kappa shape index (κ1) is 9.53. The van der Waals surface area contributed by atoms with Crippen LogP contribution < -0.4 is 10.5 Å². The van der Waals surface area contributed by atoms with E-state index in [1.54, 1.807) is 6.07 Å². The lowest BCUT2D eigenvalue weighted by atomic mass is 10.4. The van der Waals surface area contributed by atoms with Gasteiger partial charge in [-0.05, 0) is 12.1 Å². The first-order valence-corrected chi connectivity index (χ1v) is 4.79. The Labute approximate surface area is 75.6 Å². The van der Waals surface area contributed by atoms with Crippen molar-refractivity contribution in [1.29, 1.82) is 0 Å². The number of sulfonamides is 1. The summed E-state index contributed by atoms with van der Waals surface area (Å²) in [4.78, 5) is 10.2. The van der Waals surface area contributed by atoms with E-state index in [0.29, 0.717) is 0 Å². The summed E-state index contributed by atoms with van der Waals surface area (Å²) in [6.45, 7) is 0. The second-order valence-corrected chi connectivity index (χ2v) is 3.82. The van der Waals surface area contributed by atoms with Gasteiger partial charge >= 0.3 is 6.03 Å². The largest absolute Gasteiger partial charge is 0.349 e. The number of primary amides is 1. The van der Waals surface area contributed by atoms with Gasteiger partial charge in [0.15, 0.2) is 0 Å². The smallest absolute Gasteiger partial charge is 0.349 e. The van der Waals surface area contributed by atoms with E-state index < -0.39 is 16.1 Å². The quantitative estimate of drug-likeness (QED) is 0.729. The molecule has 0 heterocycles. The van der Waals surface area contributed by atoms with Crippen LogP contribution >= 0.6 is 0 Å². The standard InChI is InChI=1S/C7H7N2O3S/c8-7(10)9-13(11,12)6-4-2-1-3-5-6/h1-5H,(H2,8,10). The molecule has 0 aliphatic heterocycles. The van der Waals surface area contributed by atoms with Crippen LogP contribution in [-0.4, -0.2) is 14.4 Å². The van der Waals surface area contributed by atoms with Crippen LogP contribution in [0.1, 0.15) is 0 Å². The Hall–Kier alpha value is -1.56. The average Bonchev–Trinajstić information content (AvgIpc) is 2.04. The molecule has 0 unspecified atom stereocenters. The van der Waals surface area contributed by atoms with E-state index in [4.69, 9.17) is 0 Å². The number of hydrogen-bond acceptors (Lipinski definition) is 3. The van der Waals surface area contributed by atoms with Crippen molar-refractivity contribution < 1.29 is 13.2 Å². The zero-order valence-corrected chi connectivity index (χ0v) is 7.36. The maximum absolute atomic E-state index is 11.2. The number of benzene rings is 1. The predicted octanol–water partition coefficient (Wildman–Crippen LogP) is 0.0584. The van der Waals surface area contributed by atoms with Gasteiger partial charge in [0.05, 0.1) is 4.90 Å². The Bertz CT molecular complexity index is 399. The number of carbonyl (C=O) groups excluding carboxylic acids is 1. The molecule has 1 radical (unpaired) electrons. The molecule has 1 aromatic carbocycles. The number of nitrogens with two attached hydrogens (primary N) is 1. The first-order chi connectivity index (χ1) is 6.02. The lowest BCUT2D eigenvalue weighted by Gasteiger charge is -1.99. The minimum Gasteiger partial charge on any atom is -0.349 e. The van der Waals surface area contributed by atoms with Crippen LogP contribution in [0.3, 0.4) is 0 Å². The van der Waals surface area contributed by atoms with Crippen molar-refractivity contribution in [3.8, 4) is 0 Å². The fourth-order valence-electron chi connectivity index (χ4n) is 0.764. The van der Waals surface area contributed by atoms with Crippen LogP contribution in [0.15, 0.2) is 35.2 Å². The van der Waals surface area contributed by atoms with Crippen LogP contribution in [-0.2, 0) is 10.0 Å². The molecule has 0 aliphatic rings. The van der Waals surface area contributed by atoms with E-state index in [9.17, 15) is 13.2 Å².